The van der Waals surface area contributed by atoms with Crippen molar-refractivity contribution in [1.29, 1.82) is 0 Å². The Labute approximate surface area is 144 Å². The smallest absolute Gasteiger partial charge is 0.132 e. The molecule has 1 aromatic heterocycles. The largest absolute Gasteiger partial charge is 0.381 e. The van der Waals surface area contributed by atoms with Crippen LogP contribution in [0.4, 0.5) is 5.82 Å². The number of anilines is 1. The molecule has 1 aliphatic heterocycles. The molecule has 0 aliphatic carbocycles. The van der Waals surface area contributed by atoms with E-state index in [2.05, 4.69) is 71.2 Å². The zero-order chi connectivity index (χ0) is 16.9. The van der Waals surface area contributed by atoms with Gasteiger partial charge in [0, 0.05) is 38.7 Å². The molecule has 0 amide bonds. The summed E-state index contributed by atoms with van der Waals surface area (Å²) in [4.78, 5) is 13.3. The first kappa shape index (κ1) is 16.9. The van der Waals surface area contributed by atoms with Crippen molar-refractivity contribution < 1.29 is 4.74 Å². The van der Waals surface area contributed by atoms with Gasteiger partial charge in [0.15, 0.2) is 0 Å². The number of hydrogen-bond donors (Lipinski definition) is 0. The molecule has 0 radical (unpaired) electrons. The summed E-state index contributed by atoms with van der Waals surface area (Å²) in [6.45, 7) is 3.38. The molecule has 1 fully saturated rings. The number of hydrogen-bond acceptors (Lipinski definition) is 5. The van der Waals surface area contributed by atoms with E-state index in [0.717, 1.165) is 44.2 Å². The van der Waals surface area contributed by atoms with Crippen LogP contribution in [-0.4, -0.2) is 49.2 Å². The summed E-state index contributed by atoms with van der Waals surface area (Å²) in [6, 6.07) is 10.7. The molecule has 0 saturated carbocycles. The number of rotatable bonds is 6. The van der Waals surface area contributed by atoms with Gasteiger partial charge in [-0.25, -0.2) is 9.97 Å². The van der Waals surface area contributed by atoms with E-state index in [-0.39, 0.29) is 0 Å². The Hall–Kier alpha value is -1.98. The van der Waals surface area contributed by atoms with E-state index >= 15 is 0 Å². The Morgan fingerprint density at radius 1 is 1.08 bits per heavy atom. The lowest BCUT2D eigenvalue weighted by Crippen LogP contribution is -2.21. The molecule has 128 valence electrons. The fourth-order valence-corrected chi connectivity index (χ4v) is 3.10. The van der Waals surface area contributed by atoms with Crippen molar-refractivity contribution in [1.82, 2.24) is 14.9 Å². The minimum absolute atomic E-state index is 0.404. The highest BCUT2D eigenvalue weighted by Crippen LogP contribution is 2.25. The van der Waals surface area contributed by atoms with Crippen LogP contribution in [0.15, 0.2) is 36.7 Å². The van der Waals surface area contributed by atoms with E-state index in [1.165, 1.54) is 11.1 Å². The van der Waals surface area contributed by atoms with E-state index in [9.17, 15) is 0 Å². The van der Waals surface area contributed by atoms with Gasteiger partial charge < -0.3 is 14.5 Å². The molecule has 5 heteroatoms. The van der Waals surface area contributed by atoms with Gasteiger partial charge in [0.1, 0.15) is 12.1 Å². The number of nitrogens with zero attached hydrogens (tertiary/aromatic N) is 4. The Bertz CT molecular complexity index is 668. The van der Waals surface area contributed by atoms with Gasteiger partial charge >= 0.3 is 0 Å². The Morgan fingerprint density at radius 2 is 1.83 bits per heavy atom. The molecule has 0 N–H and O–H groups in total. The number of benzene rings is 1. The highest BCUT2D eigenvalue weighted by atomic mass is 16.5. The molecule has 1 aliphatic rings. The summed E-state index contributed by atoms with van der Waals surface area (Å²) in [5, 5.41) is 0. The molecule has 1 unspecified atom stereocenters. The Balaban J connectivity index is 1.75. The van der Waals surface area contributed by atoms with Crippen LogP contribution in [0.1, 0.15) is 29.2 Å². The molecule has 5 nitrogen and oxygen atoms in total. The predicted octanol–water partition coefficient (Wildman–Crippen LogP) is 2.68. The number of ether oxygens (including phenoxy) is 1. The highest BCUT2D eigenvalue weighted by molar-refractivity contribution is 5.41. The fraction of sp³-hybridized carbons (Fsp3) is 0.474. The molecule has 0 bridgehead atoms. The van der Waals surface area contributed by atoms with E-state index < -0.39 is 0 Å². The Kier molecular flexibility index (Phi) is 5.43. The summed E-state index contributed by atoms with van der Waals surface area (Å²) in [5.74, 6) is 1.37. The molecule has 1 saturated heterocycles. The summed E-state index contributed by atoms with van der Waals surface area (Å²) in [5.41, 5.74) is 3.77. The minimum atomic E-state index is 0.404. The third-order valence-corrected chi connectivity index (χ3v) is 4.43. The van der Waals surface area contributed by atoms with Gasteiger partial charge in [-0.2, -0.15) is 0 Å². The third kappa shape index (κ3) is 4.10. The lowest BCUT2D eigenvalue weighted by molar-refractivity contribution is 0.193. The van der Waals surface area contributed by atoms with E-state index in [1.54, 1.807) is 6.33 Å². The fourth-order valence-electron chi connectivity index (χ4n) is 3.10. The first-order chi connectivity index (χ1) is 11.6. The topological polar surface area (TPSA) is 41.5 Å². The second kappa shape index (κ2) is 7.73. The number of aromatic nitrogens is 2. The normalized spacial score (nSPS) is 17.4. The molecule has 1 atom stereocenters. The summed E-state index contributed by atoms with van der Waals surface area (Å²) >= 11 is 0. The standard InChI is InChI=1S/C19H26N4O/c1-22(2)11-15-6-4-5-7-16(15)12-23(3)19-10-18(20-14-21-19)17-8-9-24-13-17/h4-7,10,14,17H,8-9,11-13H2,1-3H3. The lowest BCUT2D eigenvalue weighted by atomic mass is 10.0. The second-order valence-corrected chi connectivity index (χ2v) is 6.72. The van der Waals surface area contributed by atoms with Gasteiger partial charge in [-0.1, -0.05) is 24.3 Å². The van der Waals surface area contributed by atoms with Crippen LogP contribution in [0.3, 0.4) is 0 Å². The predicted molar refractivity (Wildman–Crippen MR) is 96.1 cm³/mol. The summed E-state index contributed by atoms with van der Waals surface area (Å²) < 4.78 is 5.48. The van der Waals surface area contributed by atoms with Crippen LogP contribution in [-0.2, 0) is 17.8 Å². The van der Waals surface area contributed by atoms with Crippen molar-refractivity contribution in [3.63, 3.8) is 0 Å². The van der Waals surface area contributed by atoms with Crippen LogP contribution in [0.2, 0.25) is 0 Å². The average Bonchev–Trinajstić information content (AvgIpc) is 3.11. The van der Waals surface area contributed by atoms with Gasteiger partial charge in [-0.15, -0.1) is 0 Å². The first-order valence-electron chi connectivity index (χ1n) is 8.46. The third-order valence-electron chi connectivity index (χ3n) is 4.43. The molecule has 0 spiro atoms. The van der Waals surface area contributed by atoms with Gasteiger partial charge in [0.25, 0.3) is 0 Å². The maximum Gasteiger partial charge on any atom is 0.132 e. The van der Waals surface area contributed by atoms with Gasteiger partial charge in [0.05, 0.1) is 12.3 Å². The van der Waals surface area contributed by atoms with Gasteiger partial charge in [-0.05, 0) is 31.6 Å². The van der Waals surface area contributed by atoms with E-state index in [0.29, 0.717) is 5.92 Å². The molecule has 3 rings (SSSR count). The molecular weight excluding hydrogens is 300 g/mol. The van der Waals surface area contributed by atoms with E-state index in [4.69, 9.17) is 4.74 Å². The van der Waals surface area contributed by atoms with Crippen molar-refractivity contribution in [3.05, 3.63) is 53.5 Å². The highest BCUT2D eigenvalue weighted by Gasteiger charge is 2.20. The molecule has 2 heterocycles. The lowest BCUT2D eigenvalue weighted by Gasteiger charge is -2.22. The first-order valence-corrected chi connectivity index (χ1v) is 8.46. The van der Waals surface area contributed by atoms with Crippen molar-refractivity contribution in [2.45, 2.75) is 25.4 Å². The van der Waals surface area contributed by atoms with Gasteiger partial charge in [-0.3, -0.25) is 0 Å². The Morgan fingerprint density at radius 3 is 2.50 bits per heavy atom. The van der Waals surface area contributed by atoms with Crippen molar-refractivity contribution in [3.8, 4) is 0 Å². The molecule has 24 heavy (non-hydrogen) atoms. The van der Waals surface area contributed by atoms with Crippen LogP contribution >= 0.6 is 0 Å². The minimum Gasteiger partial charge on any atom is -0.381 e. The van der Waals surface area contributed by atoms with E-state index in [1.807, 2.05) is 0 Å². The van der Waals surface area contributed by atoms with Crippen LogP contribution in [0.5, 0.6) is 0 Å². The van der Waals surface area contributed by atoms with Crippen LogP contribution in [0, 0.1) is 0 Å². The maximum atomic E-state index is 5.48. The average molecular weight is 326 g/mol. The zero-order valence-corrected chi connectivity index (χ0v) is 14.8. The monoisotopic (exact) mass is 326 g/mol. The SMILES string of the molecule is CN(C)Cc1ccccc1CN(C)c1cc(C2CCOC2)ncn1. The van der Waals surface area contributed by atoms with Crippen molar-refractivity contribution in [2.75, 3.05) is 39.3 Å². The quantitative estimate of drug-likeness (QED) is 0.816. The molecule has 2 aromatic rings. The van der Waals surface area contributed by atoms with Crippen molar-refractivity contribution >= 4 is 5.82 Å². The van der Waals surface area contributed by atoms with Crippen LogP contribution < -0.4 is 4.90 Å². The summed E-state index contributed by atoms with van der Waals surface area (Å²) in [7, 11) is 6.28. The van der Waals surface area contributed by atoms with Crippen LogP contribution in [0.25, 0.3) is 0 Å². The molecule has 1 aromatic carbocycles. The maximum absolute atomic E-state index is 5.48. The second-order valence-electron chi connectivity index (χ2n) is 6.72. The van der Waals surface area contributed by atoms with Gasteiger partial charge in [0.2, 0.25) is 0 Å². The van der Waals surface area contributed by atoms with Crippen molar-refractivity contribution in [2.24, 2.45) is 0 Å². The molecular formula is C19H26N4O. The zero-order valence-electron chi connectivity index (χ0n) is 14.8. The summed E-state index contributed by atoms with van der Waals surface area (Å²) in [6.07, 6.45) is 2.72.